The third-order valence-electron chi connectivity index (χ3n) is 3.33. The first-order valence-electron chi connectivity index (χ1n) is 6.78. The number of nitro groups is 1. The molecule has 3 aromatic rings. The molecule has 0 N–H and O–H groups in total. The average Bonchev–Trinajstić information content (AvgIpc) is 2.85. The molecule has 0 spiro atoms. The van der Waals surface area contributed by atoms with Crippen LogP contribution in [-0.4, -0.2) is 24.5 Å². The van der Waals surface area contributed by atoms with E-state index >= 15 is 0 Å². The molecule has 9 heteroatoms. The summed E-state index contributed by atoms with van der Waals surface area (Å²) in [7, 11) is 0. The first-order valence-corrected chi connectivity index (χ1v) is 7.54. The quantitative estimate of drug-likeness (QED) is 0.527. The highest BCUT2D eigenvalue weighted by Crippen LogP contribution is 2.32. The molecule has 0 atom stereocenters. The molecule has 0 aliphatic carbocycles. The van der Waals surface area contributed by atoms with Crippen molar-refractivity contribution in [3.63, 3.8) is 0 Å². The number of rotatable bonds is 3. The normalized spacial score (nSPS) is 11.1. The summed E-state index contributed by atoms with van der Waals surface area (Å²) in [5.41, 5.74) is 0.970. The second-order valence-electron chi connectivity index (χ2n) is 4.86. The zero-order chi connectivity index (χ0) is 16.7. The number of aromatic nitrogens is 4. The Morgan fingerprint density at radius 2 is 2.04 bits per heavy atom. The Hall–Kier alpha value is -2.25. The molecule has 0 amide bonds. The van der Waals surface area contributed by atoms with Crippen LogP contribution in [0.3, 0.4) is 0 Å². The highest BCUT2D eigenvalue weighted by molar-refractivity contribution is 6.36. The molecule has 0 saturated carbocycles. The summed E-state index contributed by atoms with van der Waals surface area (Å²) < 4.78 is 1.36. The highest BCUT2D eigenvalue weighted by atomic mass is 35.5. The molecule has 23 heavy (non-hydrogen) atoms. The van der Waals surface area contributed by atoms with Crippen molar-refractivity contribution in [2.75, 3.05) is 0 Å². The SMILES string of the molecule is CCc1nn2c(-c3ccc(Cl)cc3Cl)nc(C)nc2c1[N+](=O)[O-]. The van der Waals surface area contributed by atoms with Crippen LogP contribution in [0.1, 0.15) is 18.4 Å². The predicted molar refractivity (Wildman–Crippen MR) is 87.0 cm³/mol. The van der Waals surface area contributed by atoms with Gasteiger partial charge in [0, 0.05) is 10.6 Å². The third kappa shape index (κ3) is 2.62. The molecule has 0 bridgehead atoms. The van der Waals surface area contributed by atoms with Crippen LogP contribution in [0, 0.1) is 17.0 Å². The van der Waals surface area contributed by atoms with Crippen molar-refractivity contribution in [2.45, 2.75) is 20.3 Å². The van der Waals surface area contributed by atoms with Gasteiger partial charge in [0.25, 0.3) is 0 Å². The number of benzene rings is 1. The molecule has 0 saturated heterocycles. The van der Waals surface area contributed by atoms with E-state index in [0.717, 1.165) is 0 Å². The molecular formula is C14H11Cl2N5O2. The van der Waals surface area contributed by atoms with Crippen LogP contribution in [0.25, 0.3) is 17.0 Å². The summed E-state index contributed by atoms with van der Waals surface area (Å²) in [4.78, 5) is 19.4. The summed E-state index contributed by atoms with van der Waals surface area (Å²) in [5, 5.41) is 16.5. The van der Waals surface area contributed by atoms with Gasteiger partial charge >= 0.3 is 5.69 Å². The smallest absolute Gasteiger partial charge is 0.258 e. The predicted octanol–water partition coefficient (Wildman–Crippen LogP) is 3.88. The maximum absolute atomic E-state index is 11.4. The minimum absolute atomic E-state index is 0.107. The van der Waals surface area contributed by atoms with E-state index in [1.165, 1.54) is 4.52 Å². The summed E-state index contributed by atoms with van der Waals surface area (Å²) in [6.45, 7) is 3.46. The first-order chi connectivity index (χ1) is 10.9. The van der Waals surface area contributed by atoms with E-state index in [-0.39, 0.29) is 11.3 Å². The molecule has 0 aliphatic rings. The van der Waals surface area contributed by atoms with Crippen LogP contribution in [0.2, 0.25) is 10.0 Å². The molecule has 2 heterocycles. The lowest BCUT2D eigenvalue weighted by molar-refractivity contribution is -0.384. The van der Waals surface area contributed by atoms with Gasteiger partial charge in [0.15, 0.2) is 5.82 Å². The number of halogens is 2. The van der Waals surface area contributed by atoms with Crippen molar-refractivity contribution in [3.8, 4) is 11.4 Å². The van der Waals surface area contributed by atoms with E-state index in [1.807, 2.05) is 0 Å². The lowest BCUT2D eigenvalue weighted by atomic mass is 10.2. The summed E-state index contributed by atoms with van der Waals surface area (Å²) in [6.07, 6.45) is 0.409. The third-order valence-corrected chi connectivity index (χ3v) is 3.88. The van der Waals surface area contributed by atoms with Crippen molar-refractivity contribution >= 4 is 34.5 Å². The summed E-state index contributed by atoms with van der Waals surface area (Å²) in [6, 6.07) is 4.95. The Labute approximate surface area is 141 Å². The molecule has 0 radical (unpaired) electrons. The Balaban J connectivity index is 2.40. The van der Waals surface area contributed by atoms with Gasteiger partial charge in [-0.05, 0) is 31.5 Å². The summed E-state index contributed by atoms with van der Waals surface area (Å²) >= 11 is 12.2. The molecule has 0 unspecified atom stereocenters. The number of fused-ring (bicyclic) bond motifs is 1. The zero-order valence-corrected chi connectivity index (χ0v) is 13.8. The molecule has 7 nitrogen and oxygen atoms in total. The molecular weight excluding hydrogens is 341 g/mol. The molecule has 118 valence electrons. The second kappa shape index (κ2) is 5.75. The lowest BCUT2D eigenvalue weighted by Crippen LogP contribution is -2.03. The minimum atomic E-state index is -0.471. The van der Waals surface area contributed by atoms with Crippen molar-refractivity contribution in [1.82, 2.24) is 19.6 Å². The first kappa shape index (κ1) is 15.6. The maximum Gasteiger partial charge on any atom is 0.336 e. The Kier molecular flexibility index (Phi) is 3.91. The zero-order valence-electron chi connectivity index (χ0n) is 12.2. The van der Waals surface area contributed by atoms with Gasteiger partial charge in [-0.15, -0.1) is 0 Å². The Morgan fingerprint density at radius 1 is 1.30 bits per heavy atom. The molecule has 2 aromatic heterocycles. The summed E-state index contributed by atoms with van der Waals surface area (Å²) in [5.74, 6) is 0.779. The molecule has 0 aliphatic heterocycles. The van der Waals surface area contributed by atoms with Crippen molar-refractivity contribution in [3.05, 3.63) is 49.9 Å². The average molecular weight is 352 g/mol. The lowest BCUT2D eigenvalue weighted by Gasteiger charge is -2.07. The number of nitrogens with zero attached hydrogens (tertiary/aromatic N) is 5. The van der Waals surface area contributed by atoms with Crippen LogP contribution in [0.4, 0.5) is 5.69 Å². The van der Waals surface area contributed by atoms with Gasteiger partial charge in [-0.2, -0.15) is 9.61 Å². The van der Waals surface area contributed by atoms with Gasteiger partial charge in [0.05, 0.1) is 9.95 Å². The van der Waals surface area contributed by atoms with Gasteiger partial charge in [-0.3, -0.25) is 10.1 Å². The van der Waals surface area contributed by atoms with Crippen LogP contribution < -0.4 is 0 Å². The van der Waals surface area contributed by atoms with E-state index < -0.39 is 4.92 Å². The van der Waals surface area contributed by atoms with Gasteiger partial charge in [-0.25, -0.2) is 9.97 Å². The Bertz CT molecular complexity index is 939. The molecule has 3 rings (SSSR count). The van der Waals surface area contributed by atoms with Gasteiger partial charge in [-0.1, -0.05) is 30.1 Å². The van der Waals surface area contributed by atoms with Crippen LogP contribution in [0.15, 0.2) is 18.2 Å². The van der Waals surface area contributed by atoms with Gasteiger partial charge in [0.1, 0.15) is 11.5 Å². The van der Waals surface area contributed by atoms with E-state index in [0.29, 0.717) is 39.4 Å². The van der Waals surface area contributed by atoms with Gasteiger partial charge < -0.3 is 0 Å². The fourth-order valence-electron chi connectivity index (χ4n) is 2.34. The van der Waals surface area contributed by atoms with E-state index in [9.17, 15) is 10.1 Å². The van der Waals surface area contributed by atoms with Crippen molar-refractivity contribution in [1.29, 1.82) is 0 Å². The minimum Gasteiger partial charge on any atom is -0.258 e. The second-order valence-corrected chi connectivity index (χ2v) is 5.70. The van der Waals surface area contributed by atoms with Crippen LogP contribution in [0.5, 0.6) is 0 Å². The Morgan fingerprint density at radius 3 is 2.65 bits per heavy atom. The number of hydrogen-bond acceptors (Lipinski definition) is 5. The van der Waals surface area contributed by atoms with Gasteiger partial charge in [0.2, 0.25) is 5.65 Å². The monoisotopic (exact) mass is 351 g/mol. The van der Waals surface area contributed by atoms with Crippen molar-refractivity contribution < 1.29 is 4.92 Å². The fraction of sp³-hybridized carbons (Fsp3) is 0.214. The van der Waals surface area contributed by atoms with E-state index in [4.69, 9.17) is 23.2 Å². The topological polar surface area (TPSA) is 86.2 Å². The standard InChI is InChI=1S/C14H11Cl2N5O2/c1-3-11-12(21(22)23)14-18-7(2)17-13(20(14)19-11)9-5-4-8(15)6-10(9)16/h4-6H,3H2,1-2H3. The van der Waals surface area contributed by atoms with E-state index in [1.54, 1.807) is 32.0 Å². The highest BCUT2D eigenvalue weighted by Gasteiger charge is 2.26. The van der Waals surface area contributed by atoms with Crippen LogP contribution in [-0.2, 0) is 6.42 Å². The molecule has 1 aromatic carbocycles. The fourth-order valence-corrected chi connectivity index (χ4v) is 2.83. The largest absolute Gasteiger partial charge is 0.336 e. The molecule has 0 fully saturated rings. The number of hydrogen-bond donors (Lipinski definition) is 0. The van der Waals surface area contributed by atoms with Crippen LogP contribution >= 0.6 is 23.2 Å². The van der Waals surface area contributed by atoms with Crippen molar-refractivity contribution in [2.24, 2.45) is 0 Å². The maximum atomic E-state index is 11.4. The number of aryl methyl sites for hydroxylation is 2. The van der Waals surface area contributed by atoms with E-state index in [2.05, 4.69) is 15.1 Å².